The van der Waals surface area contributed by atoms with Gasteiger partial charge in [0.2, 0.25) is 0 Å². The quantitative estimate of drug-likeness (QED) is 0.632. The molecule has 0 bridgehead atoms. The minimum Gasteiger partial charge on any atom is -0.393 e. The van der Waals surface area contributed by atoms with E-state index in [0.29, 0.717) is 17.0 Å². The molecule has 0 aliphatic carbocycles. The minimum atomic E-state index is 0.302. The SMILES string of the molecule is CC(C)CN(CCOC(C)C)CCC(N)=S. The van der Waals surface area contributed by atoms with Crippen LogP contribution in [0.4, 0.5) is 0 Å². The average Bonchev–Trinajstić information content (AvgIpc) is 2.12. The third-order valence-corrected chi connectivity index (χ3v) is 2.36. The number of nitrogens with zero attached hydrogens (tertiary/aromatic N) is 1. The van der Waals surface area contributed by atoms with Crippen LogP contribution in [0.1, 0.15) is 34.1 Å². The zero-order valence-electron chi connectivity index (χ0n) is 11.0. The number of nitrogens with two attached hydrogens (primary N) is 1. The second kappa shape index (κ2) is 8.90. The molecule has 0 amide bonds. The molecule has 0 aliphatic heterocycles. The zero-order chi connectivity index (χ0) is 12.6. The maximum atomic E-state index is 5.55. The molecule has 96 valence electrons. The Labute approximate surface area is 105 Å². The number of hydrogen-bond acceptors (Lipinski definition) is 3. The predicted octanol–water partition coefficient (Wildman–Crippen LogP) is 2.05. The topological polar surface area (TPSA) is 38.5 Å². The molecule has 0 spiro atoms. The monoisotopic (exact) mass is 246 g/mol. The highest BCUT2D eigenvalue weighted by atomic mass is 32.1. The Hall–Kier alpha value is -0.190. The van der Waals surface area contributed by atoms with Crippen molar-refractivity contribution in [2.45, 2.75) is 40.2 Å². The van der Waals surface area contributed by atoms with Crippen LogP contribution in [0.15, 0.2) is 0 Å². The van der Waals surface area contributed by atoms with Crippen molar-refractivity contribution in [3.63, 3.8) is 0 Å². The Morgan fingerprint density at radius 1 is 1.25 bits per heavy atom. The van der Waals surface area contributed by atoms with Gasteiger partial charge in [0.15, 0.2) is 0 Å². The molecule has 4 heteroatoms. The van der Waals surface area contributed by atoms with Gasteiger partial charge in [-0.1, -0.05) is 26.1 Å². The number of hydrogen-bond donors (Lipinski definition) is 1. The van der Waals surface area contributed by atoms with Crippen LogP contribution < -0.4 is 5.73 Å². The lowest BCUT2D eigenvalue weighted by molar-refractivity contribution is 0.0572. The van der Waals surface area contributed by atoms with Crippen LogP contribution in [0.3, 0.4) is 0 Å². The Morgan fingerprint density at radius 3 is 2.31 bits per heavy atom. The van der Waals surface area contributed by atoms with Gasteiger partial charge in [-0.05, 0) is 19.8 Å². The molecule has 0 aromatic heterocycles. The maximum Gasteiger partial charge on any atom is 0.0740 e. The van der Waals surface area contributed by atoms with Crippen molar-refractivity contribution in [1.82, 2.24) is 4.90 Å². The summed E-state index contributed by atoms with van der Waals surface area (Å²) < 4.78 is 5.55. The van der Waals surface area contributed by atoms with E-state index >= 15 is 0 Å². The first-order valence-corrected chi connectivity index (χ1v) is 6.45. The molecule has 0 heterocycles. The average molecular weight is 246 g/mol. The van der Waals surface area contributed by atoms with E-state index in [0.717, 1.165) is 32.7 Å². The molecule has 0 rings (SSSR count). The lowest BCUT2D eigenvalue weighted by Gasteiger charge is -2.24. The van der Waals surface area contributed by atoms with Crippen molar-refractivity contribution in [3.05, 3.63) is 0 Å². The summed E-state index contributed by atoms with van der Waals surface area (Å²) in [5.74, 6) is 0.658. The standard InChI is InChI=1S/C12H26N2OS/c1-10(2)9-14(6-5-12(13)16)7-8-15-11(3)4/h10-11H,5-9H2,1-4H3,(H2,13,16). The Morgan fingerprint density at radius 2 is 1.88 bits per heavy atom. The minimum absolute atomic E-state index is 0.302. The van der Waals surface area contributed by atoms with Crippen molar-refractivity contribution in [1.29, 1.82) is 0 Å². The number of rotatable bonds is 9. The second-order valence-corrected chi connectivity index (χ2v) is 5.35. The van der Waals surface area contributed by atoms with Crippen molar-refractivity contribution >= 4 is 17.2 Å². The van der Waals surface area contributed by atoms with Crippen LogP contribution >= 0.6 is 12.2 Å². The smallest absolute Gasteiger partial charge is 0.0740 e. The van der Waals surface area contributed by atoms with Gasteiger partial charge in [0.1, 0.15) is 0 Å². The fraction of sp³-hybridized carbons (Fsp3) is 0.917. The molecular weight excluding hydrogens is 220 g/mol. The van der Waals surface area contributed by atoms with E-state index in [-0.39, 0.29) is 0 Å². The molecule has 16 heavy (non-hydrogen) atoms. The summed E-state index contributed by atoms with van der Waals surface area (Å²) in [5, 5.41) is 0. The highest BCUT2D eigenvalue weighted by molar-refractivity contribution is 7.80. The summed E-state index contributed by atoms with van der Waals surface area (Å²) in [6.07, 6.45) is 1.10. The summed E-state index contributed by atoms with van der Waals surface area (Å²) in [6, 6.07) is 0. The van der Waals surface area contributed by atoms with Crippen LogP contribution in [0, 0.1) is 5.92 Å². The van der Waals surface area contributed by atoms with Gasteiger partial charge in [-0.3, -0.25) is 0 Å². The molecule has 3 nitrogen and oxygen atoms in total. The van der Waals surface area contributed by atoms with Crippen molar-refractivity contribution in [2.24, 2.45) is 11.7 Å². The Kier molecular flexibility index (Phi) is 8.80. The summed E-state index contributed by atoms with van der Waals surface area (Å²) in [4.78, 5) is 2.96. The van der Waals surface area contributed by atoms with Crippen LogP contribution in [0.2, 0.25) is 0 Å². The molecule has 2 N–H and O–H groups in total. The molecule has 0 saturated heterocycles. The first-order valence-electron chi connectivity index (χ1n) is 6.04. The van der Waals surface area contributed by atoms with Crippen molar-refractivity contribution in [3.8, 4) is 0 Å². The predicted molar refractivity (Wildman–Crippen MR) is 73.8 cm³/mol. The molecule has 0 saturated carbocycles. The first-order chi connectivity index (χ1) is 7.41. The zero-order valence-corrected chi connectivity index (χ0v) is 11.8. The summed E-state index contributed by atoms with van der Waals surface area (Å²) >= 11 is 4.90. The molecule has 0 aliphatic rings. The molecular formula is C12H26N2OS. The molecule has 0 unspecified atom stereocenters. The van der Waals surface area contributed by atoms with Crippen LogP contribution in [-0.4, -0.2) is 42.2 Å². The van der Waals surface area contributed by atoms with E-state index < -0.39 is 0 Å². The van der Waals surface area contributed by atoms with Gasteiger partial charge in [-0.25, -0.2) is 0 Å². The van der Waals surface area contributed by atoms with Gasteiger partial charge < -0.3 is 15.4 Å². The molecule has 0 fully saturated rings. The molecule has 0 aromatic carbocycles. The lowest BCUT2D eigenvalue weighted by Crippen LogP contribution is -2.34. The summed E-state index contributed by atoms with van der Waals surface area (Å²) in [6.45, 7) is 12.3. The van der Waals surface area contributed by atoms with Crippen LogP contribution in [0.25, 0.3) is 0 Å². The highest BCUT2D eigenvalue weighted by Crippen LogP contribution is 2.01. The Balaban J connectivity index is 3.85. The maximum absolute atomic E-state index is 5.55. The van der Waals surface area contributed by atoms with Crippen molar-refractivity contribution in [2.75, 3.05) is 26.2 Å². The van der Waals surface area contributed by atoms with E-state index in [9.17, 15) is 0 Å². The summed E-state index contributed by atoms with van der Waals surface area (Å²) in [7, 11) is 0. The number of ether oxygens (including phenoxy) is 1. The Bertz CT molecular complexity index is 195. The van der Waals surface area contributed by atoms with Gasteiger partial charge in [-0.2, -0.15) is 0 Å². The normalized spacial score (nSPS) is 11.7. The third-order valence-electron chi connectivity index (χ3n) is 2.16. The fourth-order valence-electron chi connectivity index (χ4n) is 1.50. The third kappa shape index (κ3) is 10.3. The van der Waals surface area contributed by atoms with Gasteiger partial charge in [0, 0.05) is 26.1 Å². The highest BCUT2D eigenvalue weighted by Gasteiger charge is 2.08. The first kappa shape index (κ1) is 15.8. The fourth-order valence-corrected chi connectivity index (χ4v) is 1.59. The molecule has 0 radical (unpaired) electrons. The van der Waals surface area contributed by atoms with Gasteiger partial charge in [0.25, 0.3) is 0 Å². The van der Waals surface area contributed by atoms with Crippen LogP contribution in [-0.2, 0) is 4.74 Å². The summed E-state index contributed by atoms with van der Waals surface area (Å²) in [5.41, 5.74) is 5.52. The lowest BCUT2D eigenvalue weighted by atomic mass is 10.2. The van der Waals surface area contributed by atoms with E-state index in [1.165, 1.54) is 0 Å². The van der Waals surface area contributed by atoms with Gasteiger partial charge >= 0.3 is 0 Å². The largest absolute Gasteiger partial charge is 0.393 e. The molecule has 0 atom stereocenters. The van der Waals surface area contributed by atoms with Gasteiger partial charge in [0.05, 0.1) is 17.7 Å². The van der Waals surface area contributed by atoms with E-state index in [1.807, 2.05) is 0 Å². The van der Waals surface area contributed by atoms with Crippen LogP contribution in [0.5, 0.6) is 0 Å². The van der Waals surface area contributed by atoms with E-state index in [4.69, 9.17) is 22.7 Å². The number of thiocarbonyl (C=S) groups is 1. The van der Waals surface area contributed by atoms with E-state index in [1.54, 1.807) is 0 Å². The second-order valence-electron chi connectivity index (χ2n) is 4.83. The molecule has 0 aromatic rings. The van der Waals surface area contributed by atoms with E-state index in [2.05, 4.69) is 32.6 Å². The van der Waals surface area contributed by atoms with Gasteiger partial charge in [-0.15, -0.1) is 0 Å². The van der Waals surface area contributed by atoms with Crippen molar-refractivity contribution < 1.29 is 4.74 Å².